The lowest BCUT2D eigenvalue weighted by atomic mass is 10.0. The van der Waals surface area contributed by atoms with Crippen molar-refractivity contribution in [1.82, 2.24) is 0 Å². The second-order valence-corrected chi connectivity index (χ2v) is 21.6. The first-order valence-corrected chi connectivity index (χ1v) is 33.0. The Labute approximate surface area is 488 Å². The molecule has 0 aliphatic heterocycles. The Morgan fingerprint density at radius 3 is 0.785 bits per heavy atom. The zero-order chi connectivity index (χ0) is 57.1. The van der Waals surface area contributed by atoms with Gasteiger partial charge in [0.25, 0.3) is 0 Å². The molecular weight excluding hydrogens is 973 g/mol. The third kappa shape index (κ3) is 64.5. The van der Waals surface area contributed by atoms with Crippen molar-refractivity contribution in [2.45, 2.75) is 309 Å². The topological polar surface area (TPSA) is 78.9 Å². The van der Waals surface area contributed by atoms with Gasteiger partial charge in [0, 0.05) is 19.3 Å². The summed E-state index contributed by atoms with van der Waals surface area (Å²) in [6.07, 6.45) is 92.7. The number of rotatable bonds is 59. The van der Waals surface area contributed by atoms with Gasteiger partial charge in [-0.1, -0.05) is 290 Å². The maximum Gasteiger partial charge on any atom is 0.306 e. The minimum Gasteiger partial charge on any atom is -0.462 e. The van der Waals surface area contributed by atoms with Crippen molar-refractivity contribution in [1.29, 1.82) is 0 Å². The molecule has 0 fully saturated rings. The zero-order valence-electron chi connectivity index (χ0n) is 51.6. The maximum atomic E-state index is 12.8. The van der Waals surface area contributed by atoms with Gasteiger partial charge in [-0.05, 0) is 116 Å². The lowest BCUT2D eigenvalue weighted by Crippen LogP contribution is -2.30. The van der Waals surface area contributed by atoms with Crippen LogP contribution in [0, 0.1) is 0 Å². The lowest BCUT2D eigenvalue weighted by molar-refractivity contribution is -0.167. The lowest BCUT2D eigenvalue weighted by Gasteiger charge is -2.18. The summed E-state index contributed by atoms with van der Waals surface area (Å²) in [5, 5.41) is 0. The molecule has 79 heavy (non-hydrogen) atoms. The van der Waals surface area contributed by atoms with E-state index in [1.807, 2.05) is 0 Å². The molecule has 0 spiro atoms. The fourth-order valence-corrected chi connectivity index (χ4v) is 9.02. The second kappa shape index (κ2) is 66.3. The van der Waals surface area contributed by atoms with E-state index in [2.05, 4.69) is 142 Å². The molecule has 6 nitrogen and oxygen atoms in total. The van der Waals surface area contributed by atoms with Crippen LogP contribution < -0.4 is 0 Å². The number of ether oxygens (including phenoxy) is 3. The van der Waals surface area contributed by atoms with E-state index in [4.69, 9.17) is 14.2 Å². The molecule has 6 heteroatoms. The molecule has 0 saturated heterocycles. The third-order valence-corrected chi connectivity index (χ3v) is 14.0. The summed E-state index contributed by atoms with van der Waals surface area (Å²) in [6, 6.07) is 0. The fraction of sp³-hybridized carbons (Fsp3) is 0.685. The number of carbonyl (C=O) groups excluding carboxylic acids is 3. The van der Waals surface area contributed by atoms with Gasteiger partial charge in [-0.25, -0.2) is 0 Å². The number of allylic oxidation sites excluding steroid dienone is 20. The van der Waals surface area contributed by atoms with E-state index in [0.29, 0.717) is 12.8 Å². The summed E-state index contributed by atoms with van der Waals surface area (Å²) >= 11 is 0. The highest BCUT2D eigenvalue weighted by atomic mass is 16.6. The predicted octanol–water partition coefficient (Wildman–Crippen LogP) is 22.8. The first kappa shape index (κ1) is 74.8. The van der Waals surface area contributed by atoms with Crippen molar-refractivity contribution in [3.8, 4) is 0 Å². The van der Waals surface area contributed by atoms with Crippen LogP contribution >= 0.6 is 0 Å². The van der Waals surface area contributed by atoms with Crippen molar-refractivity contribution < 1.29 is 28.6 Å². The molecule has 0 saturated carbocycles. The Balaban J connectivity index is 4.08. The Morgan fingerprint density at radius 1 is 0.266 bits per heavy atom. The third-order valence-electron chi connectivity index (χ3n) is 14.0. The minimum absolute atomic E-state index is 0.0925. The standard InChI is InChI=1S/C73H122O6/c1-4-7-10-13-15-17-19-21-23-25-27-29-31-33-34-35-36-37-38-40-41-43-45-47-49-51-53-55-57-60-63-66-72(75)78-69-70(68-77-71(74)65-62-59-12-9-6-3)79-73(76)67-64-61-58-56-54-52-50-48-46-44-42-39-32-30-28-26-24-22-20-18-16-14-11-8-5-2/h8,11,16,18-19,21-22,24-25,27-28,30-31,33,39,42,46,48,52,54,70H,4-7,9-10,12-15,17,20,23,26,29,32,34-38,40-41,43-45,47,49-51,53,55-69H2,1-3H3/b11-8-,18-16-,21-19-,24-22-,27-25-,30-28-,33-31-,42-39-,48-46-,54-52-. The number of hydrogen-bond donors (Lipinski definition) is 0. The van der Waals surface area contributed by atoms with E-state index < -0.39 is 6.10 Å². The summed E-state index contributed by atoms with van der Waals surface area (Å²) in [5.41, 5.74) is 0. The average Bonchev–Trinajstić information content (AvgIpc) is 3.45. The van der Waals surface area contributed by atoms with E-state index in [9.17, 15) is 14.4 Å². The smallest absolute Gasteiger partial charge is 0.306 e. The molecule has 0 bridgehead atoms. The van der Waals surface area contributed by atoms with Crippen LogP contribution in [-0.4, -0.2) is 37.2 Å². The summed E-state index contributed by atoms with van der Waals surface area (Å²) in [6.45, 7) is 6.41. The van der Waals surface area contributed by atoms with Gasteiger partial charge in [0.15, 0.2) is 6.10 Å². The normalized spacial score (nSPS) is 12.9. The van der Waals surface area contributed by atoms with Crippen LogP contribution in [-0.2, 0) is 28.6 Å². The quantitative estimate of drug-likeness (QED) is 0.0261. The van der Waals surface area contributed by atoms with Crippen LogP contribution in [0.4, 0.5) is 0 Å². The van der Waals surface area contributed by atoms with Gasteiger partial charge in [0.2, 0.25) is 0 Å². The molecule has 0 N–H and O–H groups in total. The molecule has 450 valence electrons. The van der Waals surface area contributed by atoms with Crippen molar-refractivity contribution in [3.05, 3.63) is 122 Å². The molecule has 0 rings (SSSR count). The Bertz CT molecular complexity index is 1640. The second-order valence-electron chi connectivity index (χ2n) is 21.6. The minimum atomic E-state index is -0.795. The predicted molar refractivity (Wildman–Crippen MR) is 343 cm³/mol. The largest absolute Gasteiger partial charge is 0.462 e. The molecule has 0 aromatic rings. The average molecular weight is 1100 g/mol. The van der Waals surface area contributed by atoms with Gasteiger partial charge in [-0.15, -0.1) is 0 Å². The summed E-state index contributed by atoms with van der Waals surface area (Å²) in [7, 11) is 0. The van der Waals surface area contributed by atoms with Gasteiger partial charge in [-0.2, -0.15) is 0 Å². The molecule has 0 amide bonds. The van der Waals surface area contributed by atoms with Crippen molar-refractivity contribution in [2.24, 2.45) is 0 Å². The molecule has 0 aromatic carbocycles. The fourth-order valence-electron chi connectivity index (χ4n) is 9.02. The van der Waals surface area contributed by atoms with Crippen LogP contribution in [0.2, 0.25) is 0 Å². The summed E-state index contributed by atoms with van der Waals surface area (Å²) in [5.74, 6) is -0.936. The van der Waals surface area contributed by atoms with Crippen LogP contribution in [0.1, 0.15) is 303 Å². The van der Waals surface area contributed by atoms with E-state index in [-0.39, 0.29) is 37.5 Å². The van der Waals surface area contributed by atoms with Gasteiger partial charge in [0.05, 0.1) is 0 Å². The van der Waals surface area contributed by atoms with Crippen LogP contribution in [0.3, 0.4) is 0 Å². The number of unbranched alkanes of at least 4 members (excludes halogenated alkanes) is 28. The van der Waals surface area contributed by atoms with Crippen LogP contribution in [0.25, 0.3) is 0 Å². The molecular formula is C73H122O6. The van der Waals surface area contributed by atoms with Gasteiger partial charge in [-0.3, -0.25) is 14.4 Å². The highest BCUT2D eigenvalue weighted by Gasteiger charge is 2.19. The van der Waals surface area contributed by atoms with Crippen LogP contribution in [0.5, 0.6) is 0 Å². The van der Waals surface area contributed by atoms with Gasteiger partial charge >= 0.3 is 17.9 Å². The molecule has 0 radical (unpaired) electrons. The van der Waals surface area contributed by atoms with Crippen LogP contribution in [0.15, 0.2) is 122 Å². The number of esters is 3. The highest BCUT2D eigenvalue weighted by molar-refractivity contribution is 5.71. The molecule has 0 aromatic heterocycles. The van der Waals surface area contributed by atoms with E-state index >= 15 is 0 Å². The first-order valence-electron chi connectivity index (χ1n) is 33.0. The molecule has 0 heterocycles. The Morgan fingerprint density at radius 2 is 0.494 bits per heavy atom. The Kier molecular flexibility index (Phi) is 62.8. The molecule has 0 aliphatic rings. The monoisotopic (exact) mass is 1090 g/mol. The highest BCUT2D eigenvalue weighted by Crippen LogP contribution is 2.16. The summed E-state index contributed by atoms with van der Waals surface area (Å²) in [4.78, 5) is 37.9. The van der Waals surface area contributed by atoms with Gasteiger partial charge < -0.3 is 14.2 Å². The number of hydrogen-bond acceptors (Lipinski definition) is 6. The number of carbonyl (C=O) groups is 3. The van der Waals surface area contributed by atoms with Gasteiger partial charge in [0.1, 0.15) is 13.2 Å². The zero-order valence-corrected chi connectivity index (χ0v) is 51.6. The molecule has 1 unspecified atom stereocenters. The molecule has 1 atom stereocenters. The Hall–Kier alpha value is -4.19. The van der Waals surface area contributed by atoms with E-state index in [1.165, 1.54) is 128 Å². The van der Waals surface area contributed by atoms with Crippen molar-refractivity contribution >= 4 is 17.9 Å². The van der Waals surface area contributed by atoms with E-state index in [0.717, 1.165) is 135 Å². The van der Waals surface area contributed by atoms with Crippen molar-refractivity contribution in [3.63, 3.8) is 0 Å². The SMILES string of the molecule is CC/C=C\C/C=C\C/C=C\C/C=C\C/C=C\C/C=C\C/C=C\CCCCCC(=O)OC(COC(=O)CCCCCCC)COC(=O)CCCCCCCCCCCCCCCCCC/C=C\C/C=C\C/C=C\CCCCCCC. The summed E-state index contributed by atoms with van der Waals surface area (Å²) < 4.78 is 16.7. The van der Waals surface area contributed by atoms with E-state index in [1.54, 1.807) is 0 Å². The molecule has 0 aliphatic carbocycles. The first-order chi connectivity index (χ1) is 39.0. The maximum absolute atomic E-state index is 12.8. The van der Waals surface area contributed by atoms with Crippen molar-refractivity contribution in [2.75, 3.05) is 13.2 Å².